The van der Waals surface area contributed by atoms with Crippen molar-refractivity contribution in [3.8, 4) is 6.07 Å². The fourth-order valence-corrected chi connectivity index (χ4v) is 1.18. The molecule has 0 aromatic rings. The third kappa shape index (κ3) is 1.36. The standard InChI is InChI=1S/C8H12N4O/c1-5(13)7-6(4-9)12(3)8(2,10)11-7/h11H,10H2,1-3H3. The minimum Gasteiger partial charge on any atom is -0.346 e. The zero-order valence-corrected chi connectivity index (χ0v) is 7.88. The van der Waals surface area contributed by atoms with E-state index in [1.165, 1.54) is 6.92 Å². The van der Waals surface area contributed by atoms with E-state index >= 15 is 0 Å². The number of nitriles is 1. The summed E-state index contributed by atoms with van der Waals surface area (Å²) in [6.45, 7) is 3.09. The van der Waals surface area contributed by atoms with Gasteiger partial charge in [0.2, 0.25) is 0 Å². The Morgan fingerprint density at radius 1 is 1.77 bits per heavy atom. The summed E-state index contributed by atoms with van der Waals surface area (Å²) in [6, 6.07) is 1.94. The van der Waals surface area contributed by atoms with Gasteiger partial charge in [-0.1, -0.05) is 0 Å². The third-order valence-corrected chi connectivity index (χ3v) is 2.11. The molecule has 13 heavy (non-hydrogen) atoms. The number of nitrogens with zero attached hydrogens (tertiary/aromatic N) is 2. The summed E-state index contributed by atoms with van der Waals surface area (Å²) in [6.07, 6.45) is 0. The molecule has 3 N–H and O–H groups in total. The Bertz CT molecular complexity index is 324. The Morgan fingerprint density at radius 2 is 2.31 bits per heavy atom. The minimum absolute atomic E-state index is 0.183. The Morgan fingerprint density at radius 3 is 2.62 bits per heavy atom. The lowest BCUT2D eigenvalue weighted by molar-refractivity contribution is -0.114. The lowest BCUT2D eigenvalue weighted by Gasteiger charge is -2.29. The maximum absolute atomic E-state index is 11.1. The Kier molecular flexibility index (Phi) is 2.02. The van der Waals surface area contributed by atoms with Crippen LogP contribution in [-0.4, -0.2) is 23.5 Å². The predicted molar refractivity (Wildman–Crippen MR) is 46.8 cm³/mol. The van der Waals surface area contributed by atoms with Crippen molar-refractivity contribution in [2.24, 2.45) is 5.73 Å². The van der Waals surface area contributed by atoms with Gasteiger partial charge in [0, 0.05) is 14.0 Å². The van der Waals surface area contributed by atoms with Crippen molar-refractivity contribution in [1.29, 1.82) is 5.26 Å². The van der Waals surface area contributed by atoms with Gasteiger partial charge in [-0.15, -0.1) is 0 Å². The lowest BCUT2D eigenvalue weighted by Crippen LogP contribution is -2.56. The molecule has 1 rings (SSSR count). The summed E-state index contributed by atoms with van der Waals surface area (Å²) in [7, 11) is 1.67. The topological polar surface area (TPSA) is 82.2 Å². The van der Waals surface area contributed by atoms with Gasteiger partial charge >= 0.3 is 0 Å². The molecule has 0 amide bonds. The molecular formula is C8H12N4O. The van der Waals surface area contributed by atoms with Gasteiger partial charge in [-0.05, 0) is 6.92 Å². The molecule has 70 valence electrons. The lowest BCUT2D eigenvalue weighted by atomic mass is 10.3. The first kappa shape index (κ1) is 9.55. The van der Waals surface area contributed by atoms with Crippen molar-refractivity contribution >= 4 is 5.78 Å². The molecular weight excluding hydrogens is 168 g/mol. The molecule has 1 atom stereocenters. The van der Waals surface area contributed by atoms with E-state index < -0.39 is 5.79 Å². The number of rotatable bonds is 1. The number of carbonyl (C=O) groups is 1. The van der Waals surface area contributed by atoms with Crippen molar-refractivity contribution in [3.05, 3.63) is 11.4 Å². The molecule has 1 aliphatic heterocycles. The SMILES string of the molecule is CC(=O)C1=C(C#N)N(C)C(C)(N)N1. The highest BCUT2D eigenvalue weighted by Gasteiger charge is 2.37. The van der Waals surface area contributed by atoms with E-state index in [1.807, 2.05) is 6.07 Å². The van der Waals surface area contributed by atoms with E-state index in [1.54, 1.807) is 18.9 Å². The molecule has 1 unspecified atom stereocenters. The first-order chi connectivity index (χ1) is 5.90. The van der Waals surface area contributed by atoms with Crippen LogP contribution in [0.1, 0.15) is 13.8 Å². The fraction of sp³-hybridized carbons (Fsp3) is 0.500. The first-order valence-electron chi connectivity index (χ1n) is 3.86. The number of nitrogens with two attached hydrogens (primary N) is 1. The Balaban J connectivity index is 3.14. The number of nitrogens with one attached hydrogen (secondary N) is 1. The monoisotopic (exact) mass is 180 g/mol. The molecule has 5 heteroatoms. The van der Waals surface area contributed by atoms with Crippen molar-refractivity contribution in [2.75, 3.05) is 7.05 Å². The number of Topliss-reactive ketones (excluding diaryl/α,β-unsaturated/α-hetero) is 1. The molecule has 0 saturated carbocycles. The summed E-state index contributed by atoms with van der Waals surface area (Å²) in [5, 5.41) is 11.6. The first-order valence-corrected chi connectivity index (χ1v) is 3.86. The van der Waals surface area contributed by atoms with Gasteiger partial charge in [0.1, 0.15) is 17.5 Å². The van der Waals surface area contributed by atoms with Crippen molar-refractivity contribution in [3.63, 3.8) is 0 Å². The highest BCUT2D eigenvalue weighted by molar-refractivity contribution is 5.94. The summed E-state index contributed by atoms with van der Waals surface area (Å²) >= 11 is 0. The average molecular weight is 180 g/mol. The molecule has 0 aromatic heterocycles. The van der Waals surface area contributed by atoms with Gasteiger partial charge in [0.05, 0.1) is 0 Å². The van der Waals surface area contributed by atoms with E-state index in [2.05, 4.69) is 5.32 Å². The van der Waals surface area contributed by atoms with Crippen molar-refractivity contribution < 1.29 is 4.79 Å². The van der Waals surface area contributed by atoms with Gasteiger partial charge in [0.25, 0.3) is 0 Å². The molecule has 0 aliphatic carbocycles. The summed E-state index contributed by atoms with van der Waals surface area (Å²) in [5.74, 6) is -1.04. The molecule has 0 spiro atoms. The zero-order valence-electron chi connectivity index (χ0n) is 7.88. The second-order valence-corrected chi connectivity index (χ2v) is 3.22. The van der Waals surface area contributed by atoms with Crippen molar-refractivity contribution in [2.45, 2.75) is 19.6 Å². The largest absolute Gasteiger partial charge is 0.346 e. The highest BCUT2D eigenvalue weighted by Crippen LogP contribution is 2.22. The van der Waals surface area contributed by atoms with Crippen LogP contribution in [0, 0.1) is 11.3 Å². The normalized spacial score (nSPS) is 27.2. The van der Waals surface area contributed by atoms with Crippen molar-refractivity contribution in [1.82, 2.24) is 10.2 Å². The Labute approximate surface area is 76.8 Å². The van der Waals surface area contributed by atoms with Crippen LogP contribution in [0.25, 0.3) is 0 Å². The predicted octanol–water partition coefficient (Wildman–Crippen LogP) is -0.522. The zero-order chi connectivity index (χ0) is 10.2. The van der Waals surface area contributed by atoms with Gasteiger partial charge in [-0.3, -0.25) is 10.5 Å². The van der Waals surface area contributed by atoms with Gasteiger partial charge in [-0.2, -0.15) is 5.26 Å². The second kappa shape index (κ2) is 2.75. The quantitative estimate of drug-likeness (QED) is 0.567. The smallest absolute Gasteiger partial charge is 0.178 e. The van der Waals surface area contributed by atoms with Crippen LogP contribution in [0.5, 0.6) is 0 Å². The van der Waals surface area contributed by atoms with Gasteiger partial charge < -0.3 is 10.2 Å². The Hall–Kier alpha value is -1.54. The summed E-state index contributed by atoms with van der Waals surface area (Å²) in [4.78, 5) is 12.6. The van der Waals surface area contributed by atoms with Crippen LogP contribution in [0.3, 0.4) is 0 Å². The average Bonchev–Trinajstić information content (AvgIpc) is 2.24. The molecule has 1 heterocycles. The second-order valence-electron chi connectivity index (χ2n) is 3.22. The number of ketones is 1. The molecule has 1 aliphatic rings. The van der Waals surface area contributed by atoms with Gasteiger partial charge in [0.15, 0.2) is 11.6 Å². The molecule has 0 bridgehead atoms. The fourth-order valence-electron chi connectivity index (χ4n) is 1.18. The number of carbonyl (C=O) groups excluding carboxylic acids is 1. The molecule has 0 fully saturated rings. The number of hydrogen-bond donors (Lipinski definition) is 2. The van der Waals surface area contributed by atoms with E-state index in [-0.39, 0.29) is 17.2 Å². The minimum atomic E-state index is -0.855. The molecule has 0 radical (unpaired) electrons. The van der Waals surface area contributed by atoms with Crippen LogP contribution >= 0.6 is 0 Å². The third-order valence-electron chi connectivity index (χ3n) is 2.11. The highest BCUT2D eigenvalue weighted by atomic mass is 16.1. The number of allylic oxidation sites excluding steroid dienone is 2. The van der Waals surface area contributed by atoms with Crippen LogP contribution in [0.2, 0.25) is 0 Å². The number of hydrogen-bond acceptors (Lipinski definition) is 5. The van der Waals surface area contributed by atoms with E-state index in [4.69, 9.17) is 11.0 Å². The maximum Gasteiger partial charge on any atom is 0.178 e. The maximum atomic E-state index is 11.1. The van der Waals surface area contributed by atoms with E-state index in [9.17, 15) is 4.79 Å². The van der Waals surface area contributed by atoms with E-state index in [0.29, 0.717) is 0 Å². The van der Waals surface area contributed by atoms with E-state index in [0.717, 1.165) is 0 Å². The van der Waals surface area contributed by atoms with Crippen LogP contribution < -0.4 is 11.1 Å². The van der Waals surface area contributed by atoms with Gasteiger partial charge in [-0.25, -0.2) is 0 Å². The molecule has 5 nitrogen and oxygen atoms in total. The molecule has 0 saturated heterocycles. The summed E-state index contributed by atoms with van der Waals surface area (Å²) in [5.41, 5.74) is 6.36. The summed E-state index contributed by atoms with van der Waals surface area (Å²) < 4.78 is 0. The van der Waals surface area contributed by atoms with Crippen LogP contribution in [-0.2, 0) is 4.79 Å². The van der Waals surface area contributed by atoms with Crippen LogP contribution in [0.4, 0.5) is 0 Å². The van der Waals surface area contributed by atoms with Crippen LogP contribution in [0.15, 0.2) is 11.4 Å². The molecule has 0 aromatic carbocycles.